The van der Waals surface area contributed by atoms with E-state index in [4.69, 9.17) is 9.47 Å². The summed E-state index contributed by atoms with van der Waals surface area (Å²) < 4.78 is 142. The van der Waals surface area contributed by atoms with Crippen LogP contribution >= 0.6 is 11.6 Å². The molecule has 0 saturated carbocycles. The molecule has 1 heterocycles. The number of hydrogen-bond donors (Lipinski definition) is 0. The molecule has 166 valence electrons. The van der Waals surface area contributed by atoms with Crippen molar-refractivity contribution in [2.45, 2.75) is 49.2 Å². The molecule has 0 bridgehead atoms. The third-order valence-corrected chi connectivity index (χ3v) is 5.25. The molecule has 0 radical (unpaired) electrons. The molecular formula is C12H14ClF8NO5S. The van der Waals surface area contributed by atoms with Crippen molar-refractivity contribution < 1.29 is 57.8 Å². The first-order valence-electron chi connectivity index (χ1n) is 7.26. The Morgan fingerprint density at radius 3 is 2.11 bits per heavy atom. The van der Waals surface area contributed by atoms with E-state index >= 15 is 0 Å². The SMILES string of the molecule is C/C=C/[C@H]1O[C@@H](OCC)CN1S(=O)(=O)C(F)(F)C(F)(F)OC(F)(F)C(F)(F)Cl. The van der Waals surface area contributed by atoms with Gasteiger partial charge in [-0.05, 0) is 31.5 Å². The minimum atomic E-state index is -6.60. The van der Waals surface area contributed by atoms with Gasteiger partial charge in [-0.3, -0.25) is 0 Å². The highest BCUT2D eigenvalue weighted by atomic mass is 35.5. The van der Waals surface area contributed by atoms with Crippen molar-refractivity contribution in [1.82, 2.24) is 4.31 Å². The average Bonchev–Trinajstić information content (AvgIpc) is 2.89. The van der Waals surface area contributed by atoms with Gasteiger partial charge in [-0.15, -0.1) is 0 Å². The van der Waals surface area contributed by atoms with E-state index in [0.29, 0.717) is 0 Å². The summed E-state index contributed by atoms with van der Waals surface area (Å²) in [5.74, 6) is 0. The van der Waals surface area contributed by atoms with Gasteiger partial charge in [0.2, 0.25) is 0 Å². The van der Waals surface area contributed by atoms with Crippen molar-refractivity contribution in [2.24, 2.45) is 0 Å². The second kappa shape index (κ2) is 8.18. The fourth-order valence-corrected chi connectivity index (χ4v) is 3.30. The minimum Gasteiger partial charge on any atom is -0.351 e. The lowest BCUT2D eigenvalue weighted by atomic mass is 10.5. The highest BCUT2D eigenvalue weighted by Gasteiger charge is 2.75. The number of nitrogens with zero attached hydrogens (tertiary/aromatic N) is 1. The maximum absolute atomic E-state index is 14.0. The van der Waals surface area contributed by atoms with E-state index in [0.717, 1.165) is 12.2 Å². The Morgan fingerprint density at radius 1 is 1.14 bits per heavy atom. The quantitative estimate of drug-likeness (QED) is 0.292. The summed E-state index contributed by atoms with van der Waals surface area (Å²) in [5.41, 5.74) is 0. The molecule has 2 atom stereocenters. The number of sulfonamides is 1. The van der Waals surface area contributed by atoms with Crippen LogP contribution in [-0.2, 0) is 24.2 Å². The van der Waals surface area contributed by atoms with Crippen molar-refractivity contribution >= 4 is 21.6 Å². The van der Waals surface area contributed by atoms with Crippen LogP contribution in [0.2, 0.25) is 0 Å². The first-order valence-corrected chi connectivity index (χ1v) is 9.08. The average molecular weight is 472 g/mol. The van der Waals surface area contributed by atoms with Crippen molar-refractivity contribution in [2.75, 3.05) is 13.2 Å². The molecule has 0 unspecified atom stereocenters. The van der Waals surface area contributed by atoms with E-state index in [-0.39, 0.29) is 10.9 Å². The summed E-state index contributed by atoms with van der Waals surface area (Å²) in [4.78, 5) is 0. The molecule has 0 aromatic heterocycles. The lowest BCUT2D eigenvalue weighted by Crippen LogP contribution is -2.58. The molecule has 1 rings (SSSR count). The van der Waals surface area contributed by atoms with E-state index in [2.05, 4.69) is 16.3 Å². The van der Waals surface area contributed by atoms with Crippen LogP contribution in [0.3, 0.4) is 0 Å². The van der Waals surface area contributed by atoms with E-state index < -0.39 is 51.9 Å². The zero-order valence-corrected chi connectivity index (χ0v) is 15.6. The van der Waals surface area contributed by atoms with Crippen LogP contribution in [0.5, 0.6) is 0 Å². The molecule has 0 aromatic carbocycles. The third kappa shape index (κ3) is 4.70. The third-order valence-electron chi connectivity index (χ3n) is 3.17. The van der Waals surface area contributed by atoms with Gasteiger partial charge in [-0.2, -0.15) is 39.4 Å². The van der Waals surface area contributed by atoms with Gasteiger partial charge >= 0.3 is 22.9 Å². The molecule has 1 saturated heterocycles. The standard InChI is InChI=1S/C12H14ClF8NO5S/c1-3-5-7-22(6-8(26-7)25-4-2)28(23,24)12(20,21)11(18,19)27-10(16,17)9(13,14)15/h3,5,7-8H,4,6H2,1-2H3/b5-3+/t7-,8-/m1/s1. The second-order valence-electron chi connectivity index (χ2n) is 5.16. The second-order valence-corrected chi connectivity index (χ2v) is 7.57. The number of halogens is 9. The topological polar surface area (TPSA) is 65.1 Å². The molecular weight excluding hydrogens is 458 g/mol. The van der Waals surface area contributed by atoms with Gasteiger partial charge < -0.3 is 9.47 Å². The number of rotatable bonds is 9. The van der Waals surface area contributed by atoms with Crippen LogP contribution in [0.4, 0.5) is 35.1 Å². The van der Waals surface area contributed by atoms with Gasteiger partial charge in [0, 0.05) is 6.61 Å². The number of allylic oxidation sites excluding steroid dienone is 1. The fraction of sp³-hybridized carbons (Fsp3) is 0.833. The van der Waals surface area contributed by atoms with Crippen molar-refractivity contribution in [3.05, 3.63) is 12.2 Å². The number of ether oxygens (including phenoxy) is 3. The maximum Gasteiger partial charge on any atom is 0.449 e. The Kier molecular flexibility index (Phi) is 7.39. The fourth-order valence-electron chi connectivity index (χ4n) is 1.91. The summed E-state index contributed by atoms with van der Waals surface area (Å²) in [6, 6.07) is 0. The largest absolute Gasteiger partial charge is 0.449 e. The summed E-state index contributed by atoms with van der Waals surface area (Å²) in [5, 5.41) is -12.2. The van der Waals surface area contributed by atoms with E-state index in [9.17, 15) is 43.5 Å². The number of alkyl halides is 9. The summed E-state index contributed by atoms with van der Waals surface area (Å²) in [6.07, 6.45) is -14.2. The Balaban J connectivity index is 3.29. The van der Waals surface area contributed by atoms with Gasteiger partial charge in [0.15, 0.2) is 6.29 Å². The summed E-state index contributed by atoms with van der Waals surface area (Å²) in [6.45, 7) is 1.64. The molecule has 0 N–H and O–H groups in total. The van der Waals surface area contributed by atoms with Gasteiger partial charge in [0.1, 0.15) is 6.23 Å². The smallest absolute Gasteiger partial charge is 0.351 e. The molecule has 0 aromatic rings. The predicted molar refractivity (Wildman–Crippen MR) is 77.5 cm³/mol. The molecule has 0 spiro atoms. The molecule has 1 aliphatic rings. The highest BCUT2D eigenvalue weighted by Crippen LogP contribution is 2.49. The molecule has 1 fully saturated rings. The predicted octanol–water partition coefficient (Wildman–Crippen LogP) is 3.54. The minimum absolute atomic E-state index is 0.0756. The Hall–Kier alpha value is -0.740. The van der Waals surface area contributed by atoms with Crippen molar-refractivity contribution in [1.29, 1.82) is 0 Å². The molecule has 28 heavy (non-hydrogen) atoms. The zero-order chi connectivity index (χ0) is 22.2. The lowest BCUT2D eigenvalue weighted by molar-refractivity contribution is -0.443. The van der Waals surface area contributed by atoms with Gasteiger partial charge in [0.25, 0.3) is 10.0 Å². The normalized spacial score (nSPS) is 23.7. The molecule has 1 aliphatic heterocycles. The van der Waals surface area contributed by atoms with Crippen LogP contribution in [0.1, 0.15) is 13.8 Å². The lowest BCUT2D eigenvalue weighted by Gasteiger charge is -2.32. The van der Waals surface area contributed by atoms with Crippen LogP contribution in [0.15, 0.2) is 12.2 Å². The maximum atomic E-state index is 14.0. The van der Waals surface area contributed by atoms with E-state index in [1.54, 1.807) is 0 Å². The highest BCUT2D eigenvalue weighted by molar-refractivity contribution is 7.90. The molecule has 16 heteroatoms. The van der Waals surface area contributed by atoms with Gasteiger partial charge in [-0.25, -0.2) is 13.2 Å². The molecule has 6 nitrogen and oxygen atoms in total. The first-order chi connectivity index (χ1) is 12.4. The van der Waals surface area contributed by atoms with E-state index in [1.165, 1.54) is 13.8 Å². The summed E-state index contributed by atoms with van der Waals surface area (Å²) in [7, 11) is -6.49. The number of hydrogen-bond acceptors (Lipinski definition) is 5. The van der Waals surface area contributed by atoms with Crippen LogP contribution in [0.25, 0.3) is 0 Å². The monoisotopic (exact) mass is 471 g/mol. The van der Waals surface area contributed by atoms with Crippen molar-refractivity contribution in [3.8, 4) is 0 Å². The van der Waals surface area contributed by atoms with Gasteiger partial charge in [0.05, 0.1) is 6.54 Å². The first kappa shape index (κ1) is 25.3. The Morgan fingerprint density at radius 2 is 1.68 bits per heavy atom. The zero-order valence-electron chi connectivity index (χ0n) is 14.0. The van der Waals surface area contributed by atoms with Crippen LogP contribution in [-0.4, -0.2) is 61.2 Å². The van der Waals surface area contributed by atoms with E-state index in [1.807, 2.05) is 0 Å². The molecule has 0 amide bonds. The molecule has 0 aliphatic carbocycles. The summed E-state index contributed by atoms with van der Waals surface area (Å²) >= 11 is 3.85. The Bertz CT molecular complexity index is 684. The van der Waals surface area contributed by atoms with Crippen molar-refractivity contribution in [3.63, 3.8) is 0 Å². The van der Waals surface area contributed by atoms with Crippen LogP contribution < -0.4 is 0 Å². The Labute approximate surface area is 159 Å². The van der Waals surface area contributed by atoms with Gasteiger partial charge in [-0.1, -0.05) is 6.08 Å². The van der Waals surface area contributed by atoms with Crippen LogP contribution in [0, 0.1) is 0 Å².